The lowest BCUT2D eigenvalue weighted by Gasteiger charge is -2.38. The van der Waals surface area contributed by atoms with Gasteiger partial charge in [-0.3, -0.25) is 0 Å². The molecule has 0 aromatic heterocycles. The van der Waals surface area contributed by atoms with Crippen molar-refractivity contribution in [2.24, 2.45) is 0 Å². The molecule has 22 heavy (non-hydrogen) atoms. The molecule has 1 amide bonds. The lowest BCUT2D eigenvalue weighted by Crippen LogP contribution is -2.49. The summed E-state index contributed by atoms with van der Waals surface area (Å²) < 4.78 is 10.4. The van der Waals surface area contributed by atoms with Crippen LogP contribution in [0.2, 0.25) is 0 Å². The number of aromatic carboxylic acids is 1. The summed E-state index contributed by atoms with van der Waals surface area (Å²) in [6, 6.07) is 6.52. The van der Waals surface area contributed by atoms with Crippen LogP contribution in [0.5, 0.6) is 0 Å². The molecule has 0 radical (unpaired) electrons. The van der Waals surface area contributed by atoms with Gasteiger partial charge in [0.25, 0.3) is 0 Å². The number of benzene rings is 1. The highest BCUT2D eigenvalue weighted by Gasteiger charge is 2.36. The Kier molecular flexibility index (Phi) is 5.16. The number of carboxylic acid groups (broad SMARTS) is 1. The standard InChI is InChI=1S/C16H19NO5/c1-2-9-22-15(20)17-16(7-10-21-11-8-16)13-5-3-12(4-6-13)14(18)19/h2-6H,1,7-11H2,(H,17,20)(H,18,19). The maximum Gasteiger partial charge on any atom is 0.408 e. The average molecular weight is 305 g/mol. The third-order valence-corrected chi connectivity index (χ3v) is 3.70. The van der Waals surface area contributed by atoms with Crippen LogP contribution in [0.25, 0.3) is 0 Å². The van der Waals surface area contributed by atoms with E-state index in [1.54, 1.807) is 12.1 Å². The third-order valence-electron chi connectivity index (χ3n) is 3.70. The summed E-state index contributed by atoms with van der Waals surface area (Å²) >= 11 is 0. The van der Waals surface area contributed by atoms with Crippen LogP contribution in [0.3, 0.4) is 0 Å². The van der Waals surface area contributed by atoms with E-state index in [-0.39, 0.29) is 12.2 Å². The number of amides is 1. The Morgan fingerprint density at radius 2 is 1.95 bits per heavy atom. The van der Waals surface area contributed by atoms with E-state index in [1.165, 1.54) is 18.2 Å². The molecule has 118 valence electrons. The van der Waals surface area contributed by atoms with Crippen molar-refractivity contribution in [3.05, 3.63) is 48.0 Å². The lowest BCUT2D eigenvalue weighted by atomic mass is 9.82. The third kappa shape index (κ3) is 3.65. The Labute approximate surface area is 128 Å². The number of carbonyl (C=O) groups excluding carboxylic acids is 1. The second kappa shape index (κ2) is 7.09. The fourth-order valence-corrected chi connectivity index (χ4v) is 2.50. The fraction of sp³-hybridized carbons (Fsp3) is 0.375. The number of carbonyl (C=O) groups is 2. The van der Waals surface area contributed by atoms with Gasteiger partial charge in [-0.15, -0.1) is 0 Å². The first-order chi connectivity index (χ1) is 10.6. The van der Waals surface area contributed by atoms with Gasteiger partial charge >= 0.3 is 12.1 Å². The lowest BCUT2D eigenvalue weighted by molar-refractivity contribution is 0.0347. The predicted molar refractivity (Wildman–Crippen MR) is 79.8 cm³/mol. The second-order valence-corrected chi connectivity index (χ2v) is 5.09. The number of alkyl carbamates (subject to hydrolysis) is 1. The zero-order valence-electron chi connectivity index (χ0n) is 12.2. The molecule has 0 aliphatic carbocycles. The topological polar surface area (TPSA) is 84.9 Å². The maximum atomic E-state index is 11.9. The van der Waals surface area contributed by atoms with Gasteiger partial charge in [-0.2, -0.15) is 0 Å². The Hall–Kier alpha value is -2.34. The summed E-state index contributed by atoms with van der Waals surface area (Å²) in [7, 11) is 0. The van der Waals surface area contributed by atoms with E-state index in [2.05, 4.69) is 11.9 Å². The first-order valence-corrected chi connectivity index (χ1v) is 7.05. The van der Waals surface area contributed by atoms with E-state index in [4.69, 9.17) is 14.6 Å². The predicted octanol–water partition coefficient (Wildman–Crippen LogP) is 2.30. The summed E-state index contributed by atoms with van der Waals surface area (Å²) in [5.74, 6) is -0.981. The number of nitrogens with one attached hydrogen (secondary N) is 1. The highest BCUT2D eigenvalue weighted by atomic mass is 16.5. The van der Waals surface area contributed by atoms with E-state index in [9.17, 15) is 9.59 Å². The van der Waals surface area contributed by atoms with Crippen molar-refractivity contribution in [3.63, 3.8) is 0 Å². The summed E-state index contributed by atoms with van der Waals surface area (Å²) in [6.07, 6.45) is 2.17. The molecule has 1 aromatic rings. The molecule has 2 rings (SSSR count). The van der Waals surface area contributed by atoms with Gasteiger partial charge in [0, 0.05) is 13.2 Å². The van der Waals surface area contributed by atoms with Crippen molar-refractivity contribution in [1.82, 2.24) is 5.32 Å². The first kappa shape index (κ1) is 16.0. The molecule has 0 saturated carbocycles. The molecule has 0 bridgehead atoms. The van der Waals surface area contributed by atoms with E-state index in [1.807, 2.05) is 0 Å². The number of rotatable bonds is 5. The van der Waals surface area contributed by atoms with Crippen molar-refractivity contribution >= 4 is 12.1 Å². The molecule has 0 atom stereocenters. The summed E-state index contributed by atoms with van der Waals surface area (Å²) in [5.41, 5.74) is 0.449. The minimum absolute atomic E-state index is 0.135. The minimum atomic E-state index is -0.981. The Morgan fingerprint density at radius 3 is 2.50 bits per heavy atom. The van der Waals surface area contributed by atoms with E-state index < -0.39 is 17.6 Å². The van der Waals surface area contributed by atoms with Crippen LogP contribution in [0.1, 0.15) is 28.8 Å². The molecular formula is C16H19NO5. The molecule has 0 unspecified atom stereocenters. The number of carboxylic acids is 1. The molecule has 1 aliphatic rings. The number of hydrogen-bond acceptors (Lipinski definition) is 4. The molecule has 1 heterocycles. The fourth-order valence-electron chi connectivity index (χ4n) is 2.50. The molecule has 2 N–H and O–H groups in total. The van der Waals surface area contributed by atoms with Crippen LogP contribution < -0.4 is 5.32 Å². The van der Waals surface area contributed by atoms with Crippen molar-refractivity contribution in [2.45, 2.75) is 18.4 Å². The molecule has 1 fully saturated rings. The molecule has 1 aromatic carbocycles. The van der Waals surface area contributed by atoms with E-state index >= 15 is 0 Å². The van der Waals surface area contributed by atoms with Crippen molar-refractivity contribution < 1.29 is 24.2 Å². The normalized spacial score (nSPS) is 16.5. The van der Waals surface area contributed by atoms with Gasteiger partial charge in [-0.1, -0.05) is 24.8 Å². The maximum absolute atomic E-state index is 11.9. The quantitative estimate of drug-likeness (QED) is 0.815. The van der Waals surface area contributed by atoms with Gasteiger partial charge in [0.1, 0.15) is 6.61 Å². The van der Waals surface area contributed by atoms with Gasteiger partial charge in [0.05, 0.1) is 11.1 Å². The summed E-state index contributed by atoms with van der Waals surface area (Å²) in [5, 5.41) is 11.9. The SMILES string of the molecule is C=CCOC(=O)NC1(c2ccc(C(=O)O)cc2)CCOCC1. The smallest absolute Gasteiger partial charge is 0.408 e. The Balaban J connectivity index is 2.22. The zero-order chi connectivity index (χ0) is 16.0. The highest BCUT2D eigenvalue weighted by molar-refractivity contribution is 5.87. The average Bonchev–Trinajstić information content (AvgIpc) is 2.54. The van der Waals surface area contributed by atoms with E-state index in [0.717, 1.165) is 5.56 Å². The van der Waals surface area contributed by atoms with Gasteiger partial charge in [0.15, 0.2) is 0 Å². The van der Waals surface area contributed by atoms with Crippen LogP contribution in [-0.4, -0.2) is 37.0 Å². The molecule has 6 heteroatoms. The van der Waals surface area contributed by atoms with E-state index in [0.29, 0.717) is 26.1 Å². The summed E-state index contributed by atoms with van der Waals surface area (Å²) in [6.45, 7) is 4.67. The van der Waals surface area contributed by atoms with Gasteiger partial charge in [-0.25, -0.2) is 9.59 Å². The first-order valence-electron chi connectivity index (χ1n) is 7.05. The molecular weight excluding hydrogens is 286 g/mol. The van der Waals surface area contributed by atoms with Gasteiger partial charge < -0.3 is 19.9 Å². The molecule has 6 nitrogen and oxygen atoms in total. The van der Waals surface area contributed by atoms with Crippen molar-refractivity contribution in [1.29, 1.82) is 0 Å². The van der Waals surface area contributed by atoms with Crippen molar-refractivity contribution in [3.8, 4) is 0 Å². The largest absolute Gasteiger partial charge is 0.478 e. The Bertz CT molecular complexity index is 546. The van der Waals surface area contributed by atoms with Gasteiger partial charge in [0.2, 0.25) is 0 Å². The number of ether oxygens (including phenoxy) is 2. The zero-order valence-corrected chi connectivity index (χ0v) is 12.2. The molecule has 1 aliphatic heterocycles. The number of hydrogen-bond donors (Lipinski definition) is 2. The van der Waals surface area contributed by atoms with Crippen LogP contribution in [0.15, 0.2) is 36.9 Å². The van der Waals surface area contributed by atoms with Crippen molar-refractivity contribution in [2.75, 3.05) is 19.8 Å². The monoisotopic (exact) mass is 305 g/mol. The van der Waals surface area contributed by atoms with Crippen LogP contribution >= 0.6 is 0 Å². The second-order valence-electron chi connectivity index (χ2n) is 5.09. The highest BCUT2D eigenvalue weighted by Crippen LogP contribution is 2.32. The molecule has 0 spiro atoms. The van der Waals surface area contributed by atoms with Crippen LogP contribution in [-0.2, 0) is 15.0 Å². The van der Waals surface area contributed by atoms with Crippen LogP contribution in [0, 0.1) is 0 Å². The van der Waals surface area contributed by atoms with Gasteiger partial charge in [-0.05, 0) is 30.5 Å². The molecule has 1 saturated heterocycles. The minimum Gasteiger partial charge on any atom is -0.478 e. The van der Waals surface area contributed by atoms with Crippen LogP contribution in [0.4, 0.5) is 4.79 Å². The summed E-state index contributed by atoms with van der Waals surface area (Å²) in [4.78, 5) is 22.9. The Morgan fingerprint density at radius 1 is 1.32 bits per heavy atom.